The highest BCUT2D eigenvalue weighted by Gasteiger charge is 1.96. The number of rotatable bonds is 7. The molecule has 1 rings (SSSR count). The van der Waals surface area contributed by atoms with Crippen LogP contribution in [0.1, 0.15) is 31.4 Å². The van der Waals surface area contributed by atoms with Gasteiger partial charge in [-0.2, -0.15) is 0 Å². The van der Waals surface area contributed by atoms with E-state index in [2.05, 4.69) is 14.7 Å². The van der Waals surface area contributed by atoms with Gasteiger partial charge in [-0.1, -0.05) is 12.8 Å². The lowest BCUT2D eigenvalue weighted by Gasteiger charge is -2.01. The van der Waals surface area contributed by atoms with E-state index in [9.17, 15) is 4.79 Å². The van der Waals surface area contributed by atoms with E-state index in [0.29, 0.717) is 6.61 Å². The Morgan fingerprint density at radius 2 is 2.20 bits per heavy atom. The highest BCUT2D eigenvalue weighted by atomic mass is 16.5. The van der Waals surface area contributed by atoms with Crippen LogP contribution in [0.4, 0.5) is 4.79 Å². The molecule has 1 amide bonds. The summed E-state index contributed by atoms with van der Waals surface area (Å²) in [5.41, 5.74) is 6.00. The van der Waals surface area contributed by atoms with Crippen LogP contribution in [-0.2, 0) is 11.2 Å². The van der Waals surface area contributed by atoms with Crippen molar-refractivity contribution in [3.8, 4) is 0 Å². The zero-order valence-electron chi connectivity index (χ0n) is 8.74. The van der Waals surface area contributed by atoms with E-state index in [0.717, 1.165) is 32.1 Å². The van der Waals surface area contributed by atoms with Gasteiger partial charge in [0, 0.05) is 11.9 Å². The number of primary amides is 1. The number of amides is 1. The third kappa shape index (κ3) is 5.72. The summed E-state index contributed by atoms with van der Waals surface area (Å²) in [6.45, 7) is 0.430. The number of hydrogen-bond donors (Lipinski definition) is 2. The Balaban J connectivity index is 1.87. The van der Waals surface area contributed by atoms with E-state index in [1.165, 1.54) is 5.69 Å². The molecule has 5 nitrogen and oxygen atoms in total. The van der Waals surface area contributed by atoms with Crippen molar-refractivity contribution in [3.05, 3.63) is 18.2 Å². The van der Waals surface area contributed by atoms with Gasteiger partial charge in [0.1, 0.15) is 0 Å². The number of nitrogens with zero attached hydrogens (tertiary/aromatic N) is 1. The minimum Gasteiger partial charge on any atom is -0.450 e. The molecule has 1 heterocycles. The number of aryl methyl sites for hydroxylation is 1. The maximum absolute atomic E-state index is 10.2. The zero-order valence-corrected chi connectivity index (χ0v) is 8.74. The van der Waals surface area contributed by atoms with Gasteiger partial charge in [0.25, 0.3) is 0 Å². The second-order valence-electron chi connectivity index (χ2n) is 3.41. The molecule has 0 aromatic carbocycles. The summed E-state index contributed by atoms with van der Waals surface area (Å²) >= 11 is 0. The number of hydrogen-bond acceptors (Lipinski definition) is 3. The number of unbranched alkanes of at least 4 members (excludes halogenated alkanes) is 3. The van der Waals surface area contributed by atoms with Gasteiger partial charge < -0.3 is 15.5 Å². The van der Waals surface area contributed by atoms with Crippen molar-refractivity contribution >= 4 is 6.09 Å². The van der Waals surface area contributed by atoms with Crippen LogP contribution >= 0.6 is 0 Å². The third-order valence-corrected chi connectivity index (χ3v) is 2.14. The Hall–Kier alpha value is -1.52. The molecule has 5 heteroatoms. The van der Waals surface area contributed by atoms with E-state index in [4.69, 9.17) is 5.73 Å². The average Bonchev–Trinajstić information content (AvgIpc) is 2.68. The molecule has 0 aliphatic carbocycles. The summed E-state index contributed by atoms with van der Waals surface area (Å²) < 4.78 is 4.62. The highest BCUT2D eigenvalue weighted by molar-refractivity contribution is 5.64. The van der Waals surface area contributed by atoms with E-state index in [-0.39, 0.29) is 0 Å². The van der Waals surface area contributed by atoms with Crippen molar-refractivity contribution in [1.82, 2.24) is 9.97 Å². The molecule has 0 unspecified atom stereocenters. The van der Waals surface area contributed by atoms with Gasteiger partial charge in [0.15, 0.2) is 0 Å². The first kappa shape index (κ1) is 11.6. The number of imidazole rings is 1. The molecule has 0 bridgehead atoms. The quantitative estimate of drug-likeness (QED) is 0.672. The molecule has 15 heavy (non-hydrogen) atoms. The number of ether oxygens (including phenoxy) is 1. The minimum absolute atomic E-state index is 0.430. The summed E-state index contributed by atoms with van der Waals surface area (Å²) in [5.74, 6) is 0. The number of H-pyrrole nitrogens is 1. The van der Waals surface area contributed by atoms with Crippen LogP contribution in [0.5, 0.6) is 0 Å². The summed E-state index contributed by atoms with van der Waals surface area (Å²) in [6, 6.07) is 0. The topological polar surface area (TPSA) is 81.0 Å². The molecule has 0 saturated heterocycles. The van der Waals surface area contributed by atoms with Crippen LogP contribution in [0.25, 0.3) is 0 Å². The van der Waals surface area contributed by atoms with Gasteiger partial charge >= 0.3 is 6.09 Å². The fourth-order valence-electron chi connectivity index (χ4n) is 1.37. The van der Waals surface area contributed by atoms with Crippen molar-refractivity contribution in [2.24, 2.45) is 5.73 Å². The first-order valence-corrected chi connectivity index (χ1v) is 5.18. The van der Waals surface area contributed by atoms with Gasteiger partial charge in [0.05, 0.1) is 12.9 Å². The predicted molar refractivity (Wildman–Crippen MR) is 56.3 cm³/mol. The summed E-state index contributed by atoms with van der Waals surface area (Å²) in [7, 11) is 0. The number of aromatic amines is 1. The van der Waals surface area contributed by atoms with E-state index in [1.54, 1.807) is 6.33 Å². The highest BCUT2D eigenvalue weighted by Crippen LogP contribution is 2.04. The van der Waals surface area contributed by atoms with E-state index >= 15 is 0 Å². The Morgan fingerprint density at radius 3 is 2.87 bits per heavy atom. The fraction of sp³-hybridized carbons (Fsp3) is 0.600. The zero-order chi connectivity index (χ0) is 10.9. The first-order valence-electron chi connectivity index (χ1n) is 5.18. The molecule has 0 aliphatic heterocycles. The SMILES string of the molecule is NC(=O)OCCCCCCc1cnc[nH]1. The summed E-state index contributed by atoms with van der Waals surface area (Å²) in [6.07, 6.45) is 8.06. The Morgan fingerprint density at radius 1 is 1.40 bits per heavy atom. The molecule has 0 saturated carbocycles. The molecular weight excluding hydrogens is 194 g/mol. The maximum Gasteiger partial charge on any atom is 0.404 e. The molecule has 84 valence electrons. The van der Waals surface area contributed by atoms with Crippen molar-refractivity contribution in [1.29, 1.82) is 0 Å². The molecule has 0 aliphatic rings. The number of carbonyl (C=O) groups is 1. The van der Waals surface area contributed by atoms with Crippen LogP contribution < -0.4 is 5.73 Å². The fourth-order valence-corrected chi connectivity index (χ4v) is 1.37. The minimum atomic E-state index is -0.688. The standard InChI is InChI=1S/C10H17N3O2/c11-10(14)15-6-4-2-1-3-5-9-7-12-8-13-9/h7-8H,1-6H2,(H2,11,14)(H,12,13). The normalized spacial score (nSPS) is 10.1. The predicted octanol–water partition coefficient (Wildman–Crippen LogP) is 1.61. The number of nitrogens with two attached hydrogens (primary N) is 1. The number of nitrogens with one attached hydrogen (secondary N) is 1. The lowest BCUT2D eigenvalue weighted by Crippen LogP contribution is -2.13. The van der Waals surface area contributed by atoms with Crippen LogP contribution in [0, 0.1) is 0 Å². The number of aromatic nitrogens is 2. The van der Waals surface area contributed by atoms with Crippen LogP contribution in [0.3, 0.4) is 0 Å². The molecular formula is C10H17N3O2. The molecule has 1 aromatic rings. The van der Waals surface area contributed by atoms with E-state index in [1.807, 2.05) is 6.20 Å². The van der Waals surface area contributed by atoms with E-state index < -0.39 is 6.09 Å². The summed E-state index contributed by atoms with van der Waals surface area (Å²) in [4.78, 5) is 17.2. The molecule has 0 fully saturated rings. The molecule has 0 radical (unpaired) electrons. The average molecular weight is 211 g/mol. The second-order valence-corrected chi connectivity index (χ2v) is 3.41. The van der Waals surface area contributed by atoms with Gasteiger partial charge in [-0.05, 0) is 19.3 Å². The van der Waals surface area contributed by atoms with Crippen molar-refractivity contribution < 1.29 is 9.53 Å². The lowest BCUT2D eigenvalue weighted by atomic mass is 10.1. The lowest BCUT2D eigenvalue weighted by molar-refractivity contribution is 0.154. The van der Waals surface area contributed by atoms with Crippen LogP contribution in [0.2, 0.25) is 0 Å². The largest absolute Gasteiger partial charge is 0.450 e. The van der Waals surface area contributed by atoms with Crippen molar-refractivity contribution in [2.45, 2.75) is 32.1 Å². The van der Waals surface area contributed by atoms with Crippen molar-refractivity contribution in [3.63, 3.8) is 0 Å². The second kappa shape index (κ2) is 6.86. The summed E-state index contributed by atoms with van der Waals surface area (Å²) in [5, 5.41) is 0. The number of carbonyl (C=O) groups excluding carboxylic acids is 1. The van der Waals surface area contributed by atoms with Gasteiger partial charge in [-0.25, -0.2) is 9.78 Å². The van der Waals surface area contributed by atoms with Gasteiger partial charge in [-0.15, -0.1) is 0 Å². The van der Waals surface area contributed by atoms with Crippen molar-refractivity contribution in [2.75, 3.05) is 6.61 Å². The van der Waals surface area contributed by atoms with Gasteiger partial charge in [0.2, 0.25) is 0 Å². The smallest absolute Gasteiger partial charge is 0.404 e. The molecule has 0 spiro atoms. The Labute approximate surface area is 89.0 Å². The Kier molecular flexibility index (Phi) is 5.29. The first-order chi connectivity index (χ1) is 7.29. The monoisotopic (exact) mass is 211 g/mol. The third-order valence-electron chi connectivity index (χ3n) is 2.14. The molecule has 3 N–H and O–H groups in total. The van der Waals surface area contributed by atoms with Crippen LogP contribution in [-0.4, -0.2) is 22.7 Å². The Bertz CT molecular complexity index is 272. The van der Waals surface area contributed by atoms with Gasteiger partial charge in [-0.3, -0.25) is 0 Å². The molecule has 0 atom stereocenters. The van der Waals surface area contributed by atoms with Crippen LogP contribution in [0.15, 0.2) is 12.5 Å². The maximum atomic E-state index is 10.2. The molecule has 1 aromatic heterocycles.